The van der Waals surface area contributed by atoms with Gasteiger partial charge in [0.1, 0.15) is 23.1 Å². The van der Waals surface area contributed by atoms with Gasteiger partial charge in [0.15, 0.2) is 5.75 Å². The normalized spacial score (nSPS) is 10.9. The van der Waals surface area contributed by atoms with Crippen molar-refractivity contribution in [3.05, 3.63) is 72.5 Å². The van der Waals surface area contributed by atoms with E-state index in [0.717, 1.165) is 20.5 Å². The van der Waals surface area contributed by atoms with Gasteiger partial charge in [0.05, 0.1) is 4.88 Å². The Balaban J connectivity index is 1.88. The maximum Gasteiger partial charge on any atom is 0.153 e. The second-order valence-corrected chi connectivity index (χ2v) is 6.60. The number of phenolic OH excluding ortho intramolecular Hbond substituents is 2. The smallest absolute Gasteiger partial charge is 0.153 e. The topological polar surface area (TPSA) is 49.7 Å². The van der Waals surface area contributed by atoms with Crippen molar-refractivity contribution in [3.8, 4) is 33.4 Å². The summed E-state index contributed by atoms with van der Waals surface area (Å²) < 4.78 is 20.2. The maximum absolute atomic E-state index is 13.3. The van der Waals surface area contributed by atoms with Gasteiger partial charge in [-0.2, -0.15) is 0 Å². The molecule has 1 heterocycles. The van der Waals surface area contributed by atoms with E-state index >= 15 is 0 Å². The lowest BCUT2D eigenvalue weighted by Crippen LogP contribution is -1.85. The molecule has 0 bridgehead atoms. The van der Waals surface area contributed by atoms with Crippen molar-refractivity contribution in [1.82, 2.24) is 0 Å². The Morgan fingerprint density at radius 1 is 0.800 bits per heavy atom. The highest BCUT2D eigenvalue weighted by Crippen LogP contribution is 2.47. The SMILES string of the molecule is Oc1ccc(Oc2c(-c3ccc(F)cc3)sc3cc(O)ccc23)cc1. The van der Waals surface area contributed by atoms with Crippen LogP contribution in [-0.2, 0) is 0 Å². The van der Waals surface area contributed by atoms with Crippen LogP contribution in [-0.4, -0.2) is 10.2 Å². The Bertz CT molecular complexity index is 1040. The molecule has 0 radical (unpaired) electrons. The molecule has 0 saturated heterocycles. The molecule has 124 valence electrons. The van der Waals surface area contributed by atoms with Crippen molar-refractivity contribution in [2.75, 3.05) is 0 Å². The minimum atomic E-state index is -0.302. The molecule has 0 atom stereocenters. The van der Waals surface area contributed by atoms with Crippen LogP contribution in [0.4, 0.5) is 4.39 Å². The number of halogens is 1. The molecule has 2 N–H and O–H groups in total. The van der Waals surface area contributed by atoms with E-state index in [1.54, 1.807) is 54.6 Å². The van der Waals surface area contributed by atoms with E-state index in [1.807, 2.05) is 0 Å². The third-order valence-electron chi connectivity index (χ3n) is 3.79. The van der Waals surface area contributed by atoms with Crippen molar-refractivity contribution in [1.29, 1.82) is 0 Å². The van der Waals surface area contributed by atoms with Crippen LogP contribution in [0.1, 0.15) is 0 Å². The largest absolute Gasteiger partial charge is 0.508 e. The summed E-state index contributed by atoms with van der Waals surface area (Å²) in [5.41, 5.74) is 0.830. The predicted octanol–water partition coefficient (Wildman–Crippen LogP) is 5.91. The van der Waals surface area contributed by atoms with Crippen LogP contribution in [0.25, 0.3) is 20.5 Å². The van der Waals surface area contributed by atoms with Gasteiger partial charge in [0.25, 0.3) is 0 Å². The van der Waals surface area contributed by atoms with Crippen LogP contribution >= 0.6 is 11.3 Å². The van der Waals surface area contributed by atoms with Crippen LogP contribution in [0.15, 0.2) is 66.7 Å². The number of ether oxygens (including phenoxy) is 1. The monoisotopic (exact) mass is 352 g/mol. The van der Waals surface area contributed by atoms with Gasteiger partial charge in [0, 0.05) is 10.1 Å². The summed E-state index contributed by atoms with van der Waals surface area (Å²) in [4.78, 5) is 0.841. The van der Waals surface area contributed by atoms with Crippen LogP contribution in [0.2, 0.25) is 0 Å². The van der Waals surface area contributed by atoms with E-state index in [2.05, 4.69) is 0 Å². The minimum absolute atomic E-state index is 0.159. The van der Waals surface area contributed by atoms with Crippen molar-refractivity contribution in [3.63, 3.8) is 0 Å². The average molecular weight is 352 g/mol. The molecule has 3 nitrogen and oxygen atoms in total. The molecule has 0 aliphatic carbocycles. The van der Waals surface area contributed by atoms with E-state index in [-0.39, 0.29) is 17.3 Å². The summed E-state index contributed by atoms with van der Waals surface area (Å²) in [6.07, 6.45) is 0. The molecule has 1 aromatic heterocycles. The quantitative estimate of drug-likeness (QED) is 0.482. The molecule has 0 fully saturated rings. The Kier molecular flexibility index (Phi) is 3.78. The molecular formula is C20H13FO3S. The predicted molar refractivity (Wildman–Crippen MR) is 97.1 cm³/mol. The van der Waals surface area contributed by atoms with Crippen molar-refractivity contribution in [2.24, 2.45) is 0 Å². The Labute approximate surface area is 147 Å². The third kappa shape index (κ3) is 3.02. The molecule has 0 saturated carbocycles. The molecular weight excluding hydrogens is 339 g/mol. The summed E-state index contributed by atoms with van der Waals surface area (Å²) in [6.45, 7) is 0. The first kappa shape index (κ1) is 15.5. The first-order valence-electron chi connectivity index (χ1n) is 7.58. The summed E-state index contributed by atoms with van der Waals surface area (Å²) in [5, 5.41) is 20.0. The number of hydrogen-bond donors (Lipinski definition) is 2. The van der Waals surface area contributed by atoms with E-state index in [4.69, 9.17) is 4.74 Å². The van der Waals surface area contributed by atoms with Gasteiger partial charge in [-0.05, 0) is 60.2 Å². The minimum Gasteiger partial charge on any atom is -0.508 e. The summed E-state index contributed by atoms with van der Waals surface area (Å²) in [6, 6.07) is 17.7. The molecule has 0 spiro atoms. The standard InChI is InChI=1S/C20H13FO3S/c21-13-3-1-12(2-4-13)20-19(24-16-8-5-14(22)6-9-16)17-10-7-15(23)11-18(17)25-20/h1-11,22-23H. The van der Waals surface area contributed by atoms with E-state index < -0.39 is 0 Å². The summed E-state index contributed by atoms with van der Waals surface area (Å²) >= 11 is 1.46. The fourth-order valence-corrected chi connectivity index (χ4v) is 3.75. The lowest BCUT2D eigenvalue weighted by molar-refractivity contribution is 0.467. The molecule has 25 heavy (non-hydrogen) atoms. The number of fused-ring (bicyclic) bond motifs is 1. The van der Waals surface area contributed by atoms with E-state index in [1.165, 1.54) is 23.5 Å². The Morgan fingerprint density at radius 2 is 1.48 bits per heavy atom. The highest BCUT2D eigenvalue weighted by atomic mass is 32.1. The number of aromatic hydroxyl groups is 2. The van der Waals surface area contributed by atoms with Crippen LogP contribution in [0, 0.1) is 5.82 Å². The van der Waals surface area contributed by atoms with Crippen molar-refractivity contribution >= 4 is 21.4 Å². The molecule has 5 heteroatoms. The second-order valence-electron chi connectivity index (χ2n) is 5.54. The molecule has 0 aliphatic heterocycles. The van der Waals surface area contributed by atoms with Gasteiger partial charge in [-0.15, -0.1) is 11.3 Å². The first-order valence-corrected chi connectivity index (χ1v) is 8.40. The van der Waals surface area contributed by atoms with Crippen LogP contribution < -0.4 is 4.74 Å². The number of phenols is 2. The molecule has 4 rings (SSSR count). The van der Waals surface area contributed by atoms with Crippen LogP contribution in [0.3, 0.4) is 0 Å². The fraction of sp³-hybridized carbons (Fsp3) is 0. The van der Waals surface area contributed by atoms with Gasteiger partial charge < -0.3 is 14.9 Å². The Morgan fingerprint density at radius 3 is 2.20 bits per heavy atom. The van der Waals surface area contributed by atoms with Gasteiger partial charge in [-0.1, -0.05) is 12.1 Å². The lowest BCUT2D eigenvalue weighted by atomic mass is 10.1. The second kappa shape index (κ2) is 6.11. The Hall–Kier alpha value is -3.05. The summed E-state index contributed by atoms with van der Waals surface area (Å²) in [5.74, 6) is 1.25. The fourth-order valence-electron chi connectivity index (χ4n) is 2.59. The molecule has 4 aromatic rings. The van der Waals surface area contributed by atoms with Gasteiger partial charge in [0.2, 0.25) is 0 Å². The maximum atomic E-state index is 13.3. The zero-order valence-corrected chi connectivity index (χ0v) is 13.8. The van der Waals surface area contributed by atoms with Crippen LogP contribution in [0.5, 0.6) is 23.0 Å². The van der Waals surface area contributed by atoms with Crippen molar-refractivity contribution in [2.45, 2.75) is 0 Å². The van der Waals surface area contributed by atoms with E-state index in [0.29, 0.717) is 11.5 Å². The molecule has 0 unspecified atom stereocenters. The average Bonchev–Trinajstić information content (AvgIpc) is 2.95. The molecule has 0 aliphatic rings. The zero-order valence-electron chi connectivity index (χ0n) is 12.9. The lowest BCUT2D eigenvalue weighted by Gasteiger charge is -2.08. The molecule has 0 amide bonds. The van der Waals surface area contributed by atoms with E-state index in [9.17, 15) is 14.6 Å². The van der Waals surface area contributed by atoms with Gasteiger partial charge >= 0.3 is 0 Å². The number of rotatable bonds is 3. The number of benzene rings is 3. The zero-order chi connectivity index (χ0) is 17.4. The highest BCUT2D eigenvalue weighted by molar-refractivity contribution is 7.22. The third-order valence-corrected chi connectivity index (χ3v) is 4.97. The van der Waals surface area contributed by atoms with Gasteiger partial charge in [-0.3, -0.25) is 0 Å². The number of hydrogen-bond acceptors (Lipinski definition) is 4. The molecule has 3 aromatic carbocycles. The number of thiophene rings is 1. The van der Waals surface area contributed by atoms with Gasteiger partial charge in [-0.25, -0.2) is 4.39 Å². The first-order chi connectivity index (χ1) is 12.1. The highest BCUT2D eigenvalue weighted by Gasteiger charge is 2.17. The summed E-state index contributed by atoms with van der Waals surface area (Å²) in [7, 11) is 0. The van der Waals surface area contributed by atoms with Crippen molar-refractivity contribution < 1.29 is 19.3 Å².